The molecule has 3 aliphatic rings. The van der Waals surface area contributed by atoms with Gasteiger partial charge in [-0.25, -0.2) is 9.59 Å². The maximum absolute atomic E-state index is 13.8. The molecule has 3 heterocycles. The summed E-state index contributed by atoms with van der Waals surface area (Å²) in [4.78, 5) is 32.8. The highest BCUT2D eigenvalue weighted by atomic mass is 16.5. The number of hydrogen-bond acceptors (Lipinski definition) is 6. The van der Waals surface area contributed by atoms with E-state index in [-0.39, 0.29) is 18.0 Å². The van der Waals surface area contributed by atoms with Gasteiger partial charge in [-0.1, -0.05) is 13.0 Å². The summed E-state index contributed by atoms with van der Waals surface area (Å²) in [6.45, 7) is 6.21. The molecule has 40 heavy (non-hydrogen) atoms. The Morgan fingerprint density at radius 1 is 0.975 bits per heavy atom. The van der Waals surface area contributed by atoms with Crippen molar-refractivity contribution in [2.75, 3.05) is 53.4 Å². The second-order valence-electron chi connectivity index (χ2n) is 10.4. The number of urea groups is 2. The molecule has 4 amide bonds. The summed E-state index contributed by atoms with van der Waals surface area (Å²) in [7, 11) is 6.44. The molecule has 1 unspecified atom stereocenters. The fourth-order valence-electron chi connectivity index (χ4n) is 6.44. The van der Waals surface area contributed by atoms with Crippen molar-refractivity contribution in [3.63, 3.8) is 0 Å². The zero-order chi connectivity index (χ0) is 28.6. The van der Waals surface area contributed by atoms with Gasteiger partial charge in [0.05, 0.1) is 46.2 Å². The van der Waals surface area contributed by atoms with Crippen LogP contribution in [-0.2, 0) is 6.54 Å². The van der Waals surface area contributed by atoms with Gasteiger partial charge in [-0.05, 0) is 43.5 Å². The summed E-state index contributed by atoms with van der Waals surface area (Å²) in [6.07, 6.45) is 3.50. The van der Waals surface area contributed by atoms with E-state index in [0.717, 1.165) is 22.6 Å². The number of nitrogens with one attached hydrogen (secondary N) is 1. The van der Waals surface area contributed by atoms with E-state index in [2.05, 4.69) is 18.3 Å². The summed E-state index contributed by atoms with van der Waals surface area (Å²) in [5.74, 6) is 2.66. The number of likely N-dealkylation sites (tertiary alicyclic amines) is 1. The second kappa shape index (κ2) is 10.8. The maximum atomic E-state index is 13.8. The van der Waals surface area contributed by atoms with Gasteiger partial charge in [0, 0.05) is 48.9 Å². The van der Waals surface area contributed by atoms with E-state index >= 15 is 0 Å². The Kier molecular flexibility index (Phi) is 7.44. The predicted octanol–water partition coefficient (Wildman–Crippen LogP) is 5.05. The molecule has 2 saturated heterocycles. The number of carbonyl (C=O) groups is 2. The van der Waals surface area contributed by atoms with E-state index in [1.54, 1.807) is 51.5 Å². The van der Waals surface area contributed by atoms with Gasteiger partial charge < -0.3 is 34.1 Å². The van der Waals surface area contributed by atoms with Gasteiger partial charge >= 0.3 is 12.1 Å². The first-order valence-corrected chi connectivity index (χ1v) is 13.6. The number of rotatable bonds is 6. The normalized spacial score (nSPS) is 19.4. The van der Waals surface area contributed by atoms with Gasteiger partial charge in [0.2, 0.25) is 0 Å². The van der Waals surface area contributed by atoms with E-state index in [0.29, 0.717) is 62.0 Å². The van der Waals surface area contributed by atoms with Crippen molar-refractivity contribution in [3.05, 3.63) is 53.2 Å². The average molecular weight is 551 g/mol. The second-order valence-corrected chi connectivity index (χ2v) is 10.4. The summed E-state index contributed by atoms with van der Waals surface area (Å²) in [6, 6.07) is 8.98. The number of allylic oxidation sites excluding steroid dienone is 1. The third-order valence-corrected chi connectivity index (χ3v) is 8.44. The number of fused-ring (bicyclic) bond motifs is 3. The van der Waals surface area contributed by atoms with Crippen molar-refractivity contribution in [2.24, 2.45) is 0 Å². The Hall–Kier alpha value is -4.08. The van der Waals surface area contributed by atoms with Crippen LogP contribution in [-0.4, -0.2) is 80.4 Å². The Morgan fingerprint density at radius 3 is 2.27 bits per heavy atom. The summed E-state index contributed by atoms with van der Waals surface area (Å²) in [5.41, 5.74) is 3.20. The molecule has 1 atom stereocenters. The maximum Gasteiger partial charge on any atom is 0.325 e. The number of amides is 4. The van der Waals surface area contributed by atoms with Crippen molar-refractivity contribution in [1.82, 2.24) is 14.7 Å². The number of hydrogen-bond donors (Lipinski definition) is 1. The lowest BCUT2D eigenvalue weighted by Crippen LogP contribution is -2.55. The van der Waals surface area contributed by atoms with Crippen LogP contribution >= 0.6 is 0 Å². The predicted molar refractivity (Wildman–Crippen MR) is 151 cm³/mol. The number of benzene rings is 2. The van der Waals surface area contributed by atoms with Gasteiger partial charge in [-0.2, -0.15) is 0 Å². The Bertz CT molecular complexity index is 1330. The fourth-order valence-corrected chi connectivity index (χ4v) is 6.44. The molecular weight excluding hydrogens is 512 g/mol. The van der Waals surface area contributed by atoms with Gasteiger partial charge in [-0.3, -0.25) is 4.90 Å². The lowest BCUT2D eigenvalue weighted by molar-refractivity contribution is 0.106. The molecule has 1 spiro atoms. The molecule has 2 fully saturated rings. The quantitative estimate of drug-likeness (QED) is 0.542. The molecule has 10 nitrogen and oxygen atoms in total. The summed E-state index contributed by atoms with van der Waals surface area (Å²) >= 11 is 0. The zero-order valence-electron chi connectivity index (χ0n) is 24.1. The van der Waals surface area contributed by atoms with Crippen LogP contribution < -0.4 is 24.3 Å². The number of piperidine rings is 1. The Balaban J connectivity index is 1.40. The molecule has 1 N–H and O–H groups in total. The van der Waals surface area contributed by atoms with Crippen LogP contribution in [0.15, 0.2) is 42.1 Å². The molecule has 2 aromatic rings. The molecule has 5 rings (SSSR count). The third-order valence-electron chi connectivity index (χ3n) is 8.44. The first-order valence-electron chi connectivity index (χ1n) is 13.6. The van der Waals surface area contributed by atoms with Crippen molar-refractivity contribution in [3.8, 4) is 23.0 Å². The minimum absolute atomic E-state index is 0.00328. The van der Waals surface area contributed by atoms with Gasteiger partial charge in [-0.15, -0.1) is 0 Å². The van der Waals surface area contributed by atoms with Crippen LogP contribution in [0, 0.1) is 0 Å². The average Bonchev–Trinajstić information content (AvgIpc) is 3.08. The van der Waals surface area contributed by atoms with Gasteiger partial charge in [0.15, 0.2) is 0 Å². The highest BCUT2D eigenvalue weighted by molar-refractivity contribution is 5.91. The Labute approximate surface area is 235 Å². The van der Waals surface area contributed by atoms with Crippen LogP contribution in [0.1, 0.15) is 43.7 Å². The first-order chi connectivity index (χ1) is 19.3. The number of likely N-dealkylation sites (N-methyl/N-ethyl adjacent to an activating group) is 1. The molecule has 214 valence electrons. The zero-order valence-corrected chi connectivity index (χ0v) is 24.1. The third kappa shape index (κ3) is 4.45. The fraction of sp³-hybridized carbons (Fsp3) is 0.467. The smallest absolute Gasteiger partial charge is 0.325 e. The summed E-state index contributed by atoms with van der Waals surface area (Å²) < 4.78 is 22.0. The van der Waals surface area contributed by atoms with Crippen LogP contribution in [0.2, 0.25) is 0 Å². The SMILES string of the molecule is CCN1C(=O)N2Cc3cc(OC)cc(OC)c3C(C)C=C2C12CCN(C(=O)Nc1ccc(OC)cc1OC)CC2. The topological polar surface area (TPSA) is 92.8 Å². The van der Waals surface area contributed by atoms with Crippen molar-refractivity contribution < 1.29 is 28.5 Å². The molecule has 0 saturated carbocycles. The minimum atomic E-state index is -0.478. The van der Waals surface area contributed by atoms with E-state index in [1.807, 2.05) is 28.9 Å². The van der Waals surface area contributed by atoms with E-state index in [1.165, 1.54) is 0 Å². The molecule has 0 radical (unpaired) electrons. The molecule has 10 heteroatoms. The van der Waals surface area contributed by atoms with Gasteiger partial charge in [0.1, 0.15) is 23.0 Å². The van der Waals surface area contributed by atoms with E-state index in [9.17, 15) is 9.59 Å². The standard InChI is InChI=1S/C30H38N4O6/c1-7-34-29(36)33-18-20-15-22(38-4)17-25(40-6)27(20)19(2)14-26(33)30(34)10-12-32(13-11-30)28(35)31-23-9-8-21(37-3)16-24(23)39-5/h8-9,14-17,19H,7,10-13,18H2,1-6H3,(H,31,35). The Morgan fingerprint density at radius 2 is 1.65 bits per heavy atom. The highest BCUT2D eigenvalue weighted by Crippen LogP contribution is 2.49. The van der Waals surface area contributed by atoms with Crippen molar-refractivity contribution >= 4 is 17.7 Å². The van der Waals surface area contributed by atoms with E-state index < -0.39 is 5.54 Å². The number of carbonyl (C=O) groups excluding carboxylic acids is 2. The number of anilines is 1. The largest absolute Gasteiger partial charge is 0.497 e. The lowest BCUT2D eigenvalue weighted by atomic mass is 9.82. The van der Waals surface area contributed by atoms with Crippen LogP contribution in [0.25, 0.3) is 0 Å². The molecular formula is C30H38N4O6. The molecule has 3 aliphatic heterocycles. The molecule has 2 aromatic carbocycles. The van der Waals surface area contributed by atoms with Crippen molar-refractivity contribution in [2.45, 2.75) is 44.7 Å². The van der Waals surface area contributed by atoms with Crippen LogP contribution in [0.4, 0.5) is 15.3 Å². The molecule has 0 aromatic heterocycles. The number of ether oxygens (including phenoxy) is 4. The lowest BCUT2D eigenvalue weighted by Gasteiger charge is -2.44. The van der Waals surface area contributed by atoms with Crippen LogP contribution in [0.5, 0.6) is 23.0 Å². The highest BCUT2D eigenvalue weighted by Gasteiger charge is 2.55. The minimum Gasteiger partial charge on any atom is -0.497 e. The van der Waals surface area contributed by atoms with E-state index in [4.69, 9.17) is 18.9 Å². The number of methoxy groups -OCH3 is 4. The molecule has 0 aliphatic carbocycles. The monoisotopic (exact) mass is 550 g/mol. The molecule has 0 bridgehead atoms. The number of nitrogens with zero attached hydrogens (tertiary/aromatic N) is 3. The first kappa shape index (κ1) is 27.5. The van der Waals surface area contributed by atoms with Crippen LogP contribution in [0.3, 0.4) is 0 Å². The van der Waals surface area contributed by atoms with Crippen molar-refractivity contribution in [1.29, 1.82) is 0 Å². The summed E-state index contributed by atoms with van der Waals surface area (Å²) in [5, 5.41) is 2.98. The van der Waals surface area contributed by atoms with Gasteiger partial charge in [0.25, 0.3) is 0 Å².